The monoisotopic (exact) mass is 491 g/mol. The maximum atomic E-state index is 11.3. The molecule has 2 atom stereocenters. The molecule has 194 valence electrons. The number of aromatic nitrogens is 2. The minimum atomic E-state index is -0.675. The molecule has 0 bridgehead atoms. The predicted octanol–water partition coefficient (Wildman–Crippen LogP) is 5.73. The number of rotatable bonds is 13. The molecule has 0 aliphatic carbocycles. The number of nitrogens with zero attached hydrogens (tertiary/aromatic N) is 3. The molecule has 1 aliphatic heterocycles. The van der Waals surface area contributed by atoms with Gasteiger partial charge in [-0.05, 0) is 118 Å². The molecule has 3 heterocycles. The van der Waals surface area contributed by atoms with Crippen LogP contribution in [0.15, 0.2) is 48.9 Å². The van der Waals surface area contributed by atoms with Crippen LogP contribution in [0.3, 0.4) is 0 Å². The quantitative estimate of drug-likeness (QED) is 0.309. The van der Waals surface area contributed by atoms with Crippen LogP contribution in [0.25, 0.3) is 10.9 Å². The first kappa shape index (κ1) is 26.2. The average molecular weight is 492 g/mol. The van der Waals surface area contributed by atoms with Gasteiger partial charge >= 0.3 is 5.97 Å². The normalized spacial score (nSPS) is 18.5. The maximum absolute atomic E-state index is 11.3. The SMILES string of the molecule is COc1ccc2nccc(CCCC3CCN(CCCCc4ccn(C)c4)CC3CCC(=O)O)c2c1. The van der Waals surface area contributed by atoms with Crippen molar-refractivity contribution in [3.63, 3.8) is 0 Å². The summed E-state index contributed by atoms with van der Waals surface area (Å²) in [5, 5.41) is 10.5. The first-order chi connectivity index (χ1) is 17.5. The van der Waals surface area contributed by atoms with Gasteiger partial charge in [0, 0.05) is 44.0 Å². The number of carbonyl (C=O) groups is 1. The van der Waals surface area contributed by atoms with Crippen LogP contribution >= 0.6 is 0 Å². The second kappa shape index (κ2) is 12.9. The third-order valence-electron chi connectivity index (χ3n) is 7.85. The Morgan fingerprint density at radius 2 is 2.00 bits per heavy atom. The molecule has 0 amide bonds. The van der Waals surface area contributed by atoms with Gasteiger partial charge in [0.05, 0.1) is 12.6 Å². The number of pyridine rings is 1. The Morgan fingerprint density at radius 3 is 2.78 bits per heavy atom. The van der Waals surface area contributed by atoms with Gasteiger partial charge in [-0.2, -0.15) is 0 Å². The summed E-state index contributed by atoms with van der Waals surface area (Å²) in [7, 11) is 3.77. The molecule has 6 nitrogen and oxygen atoms in total. The molecule has 1 N–H and O–H groups in total. The third kappa shape index (κ3) is 7.33. The highest BCUT2D eigenvalue weighted by molar-refractivity contribution is 5.83. The molecule has 0 saturated carbocycles. The highest BCUT2D eigenvalue weighted by Crippen LogP contribution is 2.32. The number of hydrogen-bond acceptors (Lipinski definition) is 4. The molecule has 2 aromatic heterocycles. The molecule has 1 aromatic carbocycles. The summed E-state index contributed by atoms with van der Waals surface area (Å²) < 4.78 is 7.54. The van der Waals surface area contributed by atoms with Gasteiger partial charge < -0.3 is 19.3 Å². The zero-order valence-electron chi connectivity index (χ0n) is 21.9. The van der Waals surface area contributed by atoms with Gasteiger partial charge in [0.25, 0.3) is 0 Å². The number of likely N-dealkylation sites (tertiary alicyclic amines) is 1. The second-order valence-corrected chi connectivity index (χ2v) is 10.4. The first-order valence-electron chi connectivity index (χ1n) is 13.5. The summed E-state index contributed by atoms with van der Waals surface area (Å²) in [6, 6.07) is 10.4. The zero-order valence-corrected chi connectivity index (χ0v) is 21.9. The van der Waals surface area contributed by atoms with Gasteiger partial charge in [-0.15, -0.1) is 0 Å². The molecule has 6 heteroatoms. The van der Waals surface area contributed by atoms with E-state index in [0.29, 0.717) is 11.8 Å². The predicted molar refractivity (Wildman–Crippen MR) is 144 cm³/mol. The van der Waals surface area contributed by atoms with Crippen molar-refractivity contribution < 1.29 is 14.6 Å². The van der Waals surface area contributed by atoms with Crippen LogP contribution in [0, 0.1) is 11.8 Å². The number of piperidine rings is 1. The Balaban J connectivity index is 1.28. The fourth-order valence-corrected chi connectivity index (χ4v) is 5.83. The third-order valence-corrected chi connectivity index (χ3v) is 7.85. The van der Waals surface area contributed by atoms with Crippen molar-refractivity contribution in [2.45, 2.75) is 57.8 Å². The van der Waals surface area contributed by atoms with Crippen molar-refractivity contribution in [1.82, 2.24) is 14.5 Å². The summed E-state index contributed by atoms with van der Waals surface area (Å²) in [6.07, 6.45) is 15.3. The number of benzene rings is 1. The first-order valence-corrected chi connectivity index (χ1v) is 13.5. The molecule has 1 saturated heterocycles. The Hall–Kier alpha value is -2.86. The molecule has 3 aromatic rings. The molecule has 4 rings (SSSR count). The van der Waals surface area contributed by atoms with Gasteiger partial charge in [0.1, 0.15) is 5.75 Å². The topological polar surface area (TPSA) is 67.6 Å². The van der Waals surface area contributed by atoms with E-state index in [1.807, 2.05) is 18.3 Å². The molecule has 1 aliphatic rings. The van der Waals surface area contributed by atoms with E-state index in [2.05, 4.69) is 52.1 Å². The molecule has 0 radical (unpaired) electrons. The number of aliphatic carboxylic acids is 1. The lowest BCUT2D eigenvalue weighted by Gasteiger charge is -2.39. The van der Waals surface area contributed by atoms with Gasteiger partial charge in [-0.3, -0.25) is 9.78 Å². The van der Waals surface area contributed by atoms with Gasteiger partial charge in [-0.1, -0.05) is 0 Å². The summed E-state index contributed by atoms with van der Waals surface area (Å²) in [5.41, 5.74) is 3.74. The van der Waals surface area contributed by atoms with Crippen LogP contribution in [-0.4, -0.2) is 52.3 Å². The van der Waals surface area contributed by atoms with E-state index in [4.69, 9.17) is 4.74 Å². The molecule has 36 heavy (non-hydrogen) atoms. The molecular weight excluding hydrogens is 450 g/mol. The van der Waals surface area contributed by atoms with Crippen molar-refractivity contribution in [3.8, 4) is 5.75 Å². The van der Waals surface area contributed by atoms with E-state index in [0.717, 1.165) is 63.0 Å². The lowest BCUT2D eigenvalue weighted by Crippen LogP contribution is -2.41. The summed E-state index contributed by atoms with van der Waals surface area (Å²) in [6.45, 7) is 3.29. The minimum Gasteiger partial charge on any atom is -0.497 e. The highest BCUT2D eigenvalue weighted by atomic mass is 16.5. The summed E-state index contributed by atoms with van der Waals surface area (Å²) in [5.74, 6) is 1.26. The van der Waals surface area contributed by atoms with Crippen LogP contribution in [0.4, 0.5) is 0 Å². The average Bonchev–Trinajstić information content (AvgIpc) is 3.30. The van der Waals surface area contributed by atoms with E-state index in [9.17, 15) is 9.90 Å². The van der Waals surface area contributed by atoms with E-state index in [1.165, 1.54) is 35.8 Å². The van der Waals surface area contributed by atoms with Crippen LogP contribution in [0.1, 0.15) is 56.1 Å². The Kier molecular flexibility index (Phi) is 9.40. The van der Waals surface area contributed by atoms with Crippen LogP contribution in [0.2, 0.25) is 0 Å². The molecular formula is C30H41N3O3. The zero-order chi connectivity index (χ0) is 25.3. The fraction of sp³-hybridized carbons (Fsp3) is 0.533. The van der Waals surface area contributed by atoms with Crippen LogP contribution in [-0.2, 0) is 24.7 Å². The number of unbranched alkanes of at least 4 members (excludes halogenated alkanes) is 1. The van der Waals surface area contributed by atoms with Gasteiger partial charge in [0.2, 0.25) is 0 Å². The maximum Gasteiger partial charge on any atom is 0.303 e. The number of methoxy groups -OCH3 is 1. The fourth-order valence-electron chi connectivity index (χ4n) is 5.83. The smallest absolute Gasteiger partial charge is 0.303 e. The minimum absolute atomic E-state index is 0.276. The molecule has 2 unspecified atom stereocenters. The van der Waals surface area contributed by atoms with E-state index >= 15 is 0 Å². The lowest BCUT2D eigenvalue weighted by atomic mass is 9.79. The molecule has 1 fully saturated rings. The van der Waals surface area contributed by atoms with Crippen molar-refractivity contribution in [3.05, 3.63) is 60.0 Å². The van der Waals surface area contributed by atoms with Crippen molar-refractivity contribution >= 4 is 16.9 Å². The number of carboxylic acids is 1. The molecule has 0 spiro atoms. The van der Waals surface area contributed by atoms with Crippen molar-refractivity contribution in [2.24, 2.45) is 18.9 Å². The van der Waals surface area contributed by atoms with E-state index in [1.54, 1.807) is 7.11 Å². The lowest BCUT2D eigenvalue weighted by molar-refractivity contribution is -0.137. The number of aryl methyl sites for hydroxylation is 3. The Bertz CT molecular complexity index is 1130. The Morgan fingerprint density at radius 1 is 1.11 bits per heavy atom. The van der Waals surface area contributed by atoms with E-state index < -0.39 is 5.97 Å². The van der Waals surface area contributed by atoms with Crippen LogP contribution in [0.5, 0.6) is 5.75 Å². The standard InChI is InChI=1S/C30H41N3O3/c1-32-18-14-23(21-32)6-3-4-17-33-19-15-24(26(22-33)9-12-30(34)35)7-5-8-25-13-16-31-29-11-10-27(36-2)20-28(25)29/h10-11,13-14,16,18,20-21,24,26H,3-9,12,15,17,19,22H2,1-2H3,(H,34,35). The summed E-state index contributed by atoms with van der Waals surface area (Å²) in [4.78, 5) is 18.4. The number of fused-ring (bicyclic) bond motifs is 1. The second-order valence-electron chi connectivity index (χ2n) is 10.4. The van der Waals surface area contributed by atoms with Crippen molar-refractivity contribution in [2.75, 3.05) is 26.7 Å². The van der Waals surface area contributed by atoms with E-state index in [-0.39, 0.29) is 6.42 Å². The highest BCUT2D eigenvalue weighted by Gasteiger charge is 2.29. The number of ether oxygens (including phenoxy) is 1. The Labute approximate surface area is 215 Å². The number of hydrogen-bond donors (Lipinski definition) is 1. The summed E-state index contributed by atoms with van der Waals surface area (Å²) >= 11 is 0. The number of carboxylic acid groups (broad SMARTS) is 1. The van der Waals surface area contributed by atoms with Gasteiger partial charge in [-0.25, -0.2) is 0 Å². The largest absolute Gasteiger partial charge is 0.497 e. The van der Waals surface area contributed by atoms with Gasteiger partial charge in [0.15, 0.2) is 0 Å². The van der Waals surface area contributed by atoms with Crippen LogP contribution < -0.4 is 4.74 Å². The van der Waals surface area contributed by atoms with Crippen molar-refractivity contribution in [1.29, 1.82) is 0 Å².